The smallest absolute Gasteiger partial charge is 0.204 e. The Hall–Kier alpha value is -3.44. The molecule has 0 spiro atoms. The van der Waals surface area contributed by atoms with E-state index in [1.165, 1.54) is 0 Å². The van der Waals surface area contributed by atoms with E-state index in [2.05, 4.69) is 41.7 Å². The molecule has 156 valence electrons. The molecule has 1 aromatic heterocycles. The zero-order valence-corrected chi connectivity index (χ0v) is 18.3. The van der Waals surface area contributed by atoms with Gasteiger partial charge in [-0.3, -0.25) is 5.43 Å². The van der Waals surface area contributed by atoms with Crippen LogP contribution in [0.1, 0.15) is 25.3 Å². The Morgan fingerprint density at radius 2 is 1.58 bits per heavy atom. The molecular formula is C26H25N3OS. The average molecular weight is 428 g/mol. The number of para-hydroxylation sites is 1. The lowest BCUT2D eigenvalue weighted by Crippen LogP contribution is -2.00. The topological polar surface area (TPSA) is 46.5 Å². The third-order valence-electron chi connectivity index (χ3n) is 4.75. The van der Waals surface area contributed by atoms with Gasteiger partial charge in [0, 0.05) is 11.1 Å². The van der Waals surface area contributed by atoms with Crippen LogP contribution in [-0.4, -0.2) is 17.8 Å². The second-order valence-corrected chi connectivity index (χ2v) is 8.04. The summed E-state index contributed by atoms with van der Waals surface area (Å²) in [5.74, 6) is 0.843. The SMILES string of the molecule is CCCCOc1ccccc1/C=N\Nc1nc(-c2ccccc2)c(-c2ccccc2)s1. The maximum Gasteiger partial charge on any atom is 0.204 e. The highest BCUT2D eigenvalue weighted by Crippen LogP contribution is 2.38. The molecule has 0 radical (unpaired) electrons. The third kappa shape index (κ3) is 5.38. The molecule has 5 heteroatoms. The van der Waals surface area contributed by atoms with Gasteiger partial charge in [0.15, 0.2) is 0 Å². The highest BCUT2D eigenvalue weighted by molar-refractivity contribution is 7.19. The van der Waals surface area contributed by atoms with Gasteiger partial charge >= 0.3 is 0 Å². The number of ether oxygens (including phenoxy) is 1. The van der Waals surface area contributed by atoms with E-state index in [1.54, 1.807) is 17.6 Å². The summed E-state index contributed by atoms with van der Waals surface area (Å²) in [6, 6.07) is 28.5. The quantitative estimate of drug-likeness (QED) is 0.176. The van der Waals surface area contributed by atoms with E-state index in [0.717, 1.165) is 51.0 Å². The van der Waals surface area contributed by atoms with Gasteiger partial charge in [0.25, 0.3) is 0 Å². The lowest BCUT2D eigenvalue weighted by molar-refractivity contribution is 0.309. The molecule has 0 aliphatic rings. The second-order valence-electron chi connectivity index (χ2n) is 7.04. The molecule has 31 heavy (non-hydrogen) atoms. The summed E-state index contributed by atoms with van der Waals surface area (Å²) in [7, 11) is 0. The summed E-state index contributed by atoms with van der Waals surface area (Å²) < 4.78 is 5.89. The van der Waals surface area contributed by atoms with Gasteiger partial charge in [-0.1, -0.05) is 97.5 Å². The first-order chi connectivity index (χ1) is 15.3. The molecule has 1 heterocycles. The van der Waals surface area contributed by atoms with Crippen molar-refractivity contribution in [3.63, 3.8) is 0 Å². The predicted octanol–water partition coefficient (Wildman–Crippen LogP) is 7.10. The van der Waals surface area contributed by atoms with Crippen molar-refractivity contribution in [3.05, 3.63) is 90.5 Å². The highest BCUT2D eigenvalue weighted by atomic mass is 32.1. The molecule has 0 amide bonds. The van der Waals surface area contributed by atoms with Gasteiger partial charge in [0.2, 0.25) is 5.13 Å². The van der Waals surface area contributed by atoms with Crippen molar-refractivity contribution < 1.29 is 4.74 Å². The van der Waals surface area contributed by atoms with E-state index in [-0.39, 0.29) is 0 Å². The summed E-state index contributed by atoms with van der Waals surface area (Å²) in [6.07, 6.45) is 3.93. The number of unbranched alkanes of at least 4 members (excludes halogenated alkanes) is 1. The van der Waals surface area contributed by atoms with Gasteiger partial charge in [-0.05, 0) is 24.1 Å². The molecular weight excluding hydrogens is 402 g/mol. The van der Waals surface area contributed by atoms with Crippen molar-refractivity contribution in [3.8, 4) is 27.4 Å². The number of hydrazone groups is 1. The predicted molar refractivity (Wildman–Crippen MR) is 131 cm³/mol. The number of rotatable bonds is 9. The van der Waals surface area contributed by atoms with Crippen LogP contribution in [0.15, 0.2) is 90.0 Å². The Balaban J connectivity index is 1.57. The van der Waals surface area contributed by atoms with Crippen LogP contribution in [0.4, 0.5) is 5.13 Å². The molecule has 0 saturated carbocycles. The maximum absolute atomic E-state index is 5.89. The van der Waals surface area contributed by atoms with Gasteiger partial charge in [0.05, 0.1) is 23.4 Å². The fraction of sp³-hybridized carbons (Fsp3) is 0.154. The molecule has 0 bridgehead atoms. The average Bonchev–Trinajstić information content (AvgIpc) is 3.26. The maximum atomic E-state index is 5.89. The zero-order valence-electron chi connectivity index (χ0n) is 17.5. The molecule has 0 atom stereocenters. The van der Waals surface area contributed by atoms with Gasteiger partial charge in [-0.25, -0.2) is 4.98 Å². The van der Waals surface area contributed by atoms with Crippen molar-refractivity contribution in [1.82, 2.24) is 4.98 Å². The molecule has 4 rings (SSSR count). The highest BCUT2D eigenvalue weighted by Gasteiger charge is 2.14. The minimum absolute atomic E-state index is 0.710. The van der Waals surface area contributed by atoms with E-state index >= 15 is 0 Å². The van der Waals surface area contributed by atoms with Crippen molar-refractivity contribution in [2.45, 2.75) is 19.8 Å². The van der Waals surface area contributed by atoms with Gasteiger partial charge in [0.1, 0.15) is 5.75 Å². The van der Waals surface area contributed by atoms with Gasteiger partial charge < -0.3 is 4.74 Å². The monoisotopic (exact) mass is 427 g/mol. The molecule has 0 aliphatic carbocycles. The summed E-state index contributed by atoms with van der Waals surface area (Å²) in [4.78, 5) is 5.95. The van der Waals surface area contributed by atoms with Crippen LogP contribution in [-0.2, 0) is 0 Å². The van der Waals surface area contributed by atoms with E-state index in [4.69, 9.17) is 9.72 Å². The van der Waals surface area contributed by atoms with Gasteiger partial charge in [-0.15, -0.1) is 0 Å². The van der Waals surface area contributed by atoms with Crippen molar-refractivity contribution in [1.29, 1.82) is 0 Å². The Kier molecular flexibility index (Phi) is 7.08. The molecule has 3 aromatic carbocycles. The summed E-state index contributed by atoms with van der Waals surface area (Å²) in [5, 5.41) is 5.18. The Morgan fingerprint density at radius 1 is 0.903 bits per heavy atom. The lowest BCUT2D eigenvalue weighted by atomic mass is 10.1. The van der Waals surface area contributed by atoms with Crippen molar-refractivity contribution in [2.24, 2.45) is 5.10 Å². The first-order valence-corrected chi connectivity index (χ1v) is 11.3. The first kappa shape index (κ1) is 20.8. The minimum Gasteiger partial charge on any atom is -0.493 e. The van der Waals surface area contributed by atoms with Crippen LogP contribution in [0.2, 0.25) is 0 Å². The Bertz CT molecular complexity index is 1070. The van der Waals surface area contributed by atoms with Gasteiger partial charge in [-0.2, -0.15) is 5.10 Å². The Morgan fingerprint density at radius 3 is 2.32 bits per heavy atom. The molecule has 0 fully saturated rings. The first-order valence-electron chi connectivity index (χ1n) is 10.5. The molecule has 0 saturated heterocycles. The number of aromatic nitrogens is 1. The fourth-order valence-electron chi connectivity index (χ4n) is 3.15. The van der Waals surface area contributed by atoms with Crippen LogP contribution < -0.4 is 10.2 Å². The number of thiazole rings is 1. The third-order valence-corrected chi connectivity index (χ3v) is 5.76. The largest absolute Gasteiger partial charge is 0.493 e. The normalized spacial score (nSPS) is 11.0. The number of hydrogen-bond acceptors (Lipinski definition) is 5. The van der Waals surface area contributed by atoms with Crippen LogP contribution in [0.25, 0.3) is 21.7 Å². The van der Waals surface area contributed by atoms with Crippen LogP contribution in [0, 0.1) is 0 Å². The van der Waals surface area contributed by atoms with Crippen molar-refractivity contribution in [2.75, 3.05) is 12.0 Å². The summed E-state index contributed by atoms with van der Waals surface area (Å²) in [5.41, 5.74) is 7.24. The molecule has 1 N–H and O–H groups in total. The lowest BCUT2D eigenvalue weighted by Gasteiger charge is -2.07. The standard InChI is InChI=1S/C26H25N3OS/c1-2-3-18-30-23-17-11-10-16-22(23)19-27-29-26-28-24(20-12-6-4-7-13-20)25(31-26)21-14-8-5-9-15-21/h4-17,19H,2-3,18H2,1H3,(H,28,29)/b27-19-. The summed E-state index contributed by atoms with van der Waals surface area (Å²) >= 11 is 1.60. The molecule has 4 nitrogen and oxygen atoms in total. The van der Waals surface area contributed by atoms with Crippen molar-refractivity contribution >= 4 is 22.7 Å². The van der Waals surface area contributed by atoms with E-state index in [1.807, 2.05) is 60.7 Å². The zero-order chi connectivity index (χ0) is 21.3. The second kappa shape index (κ2) is 10.5. The minimum atomic E-state index is 0.710. The van der Waals surface area contributed by atoms with Crippen LogP contribution in [0.5, 0.6) is 5.75 Å². The number of hydrogen-bond donors (Lipinski definition) is 1. The van der Waals surface area contributed by atoms with Crippen LogP contribution >= 0.6 is 11.3 Å². The van der Waals surface area contributed by atoms with E-state index in [0.29, 0.717) is 6.61 Å². The van der Waals surface area contributed by atoms with Crippen LogP contribution in [0.3, 0.4) is 0 Å². The number of anilines is 1. The molecule has 0 aliphatic heterocycles. The fourth-order valence-corrected chi connectivity index (χ4v) is 4.09. The number of nitrogens with zero attached hydrogens (tertiary/aromatic N) is 2. The van der Waals surface area contributed by atoms with E-state index in [9.17, 15) is 0 Å². The Labute approximate surface area is 187 Å². The number of nitrogens with one attached hydrogen (secondary N) is 1. The number of benzene rings is 3. The summed E-state index contributed by atoms with van der Waals surface area (Å²) in [6.45, 7) is 2.87. The molecule has 4 aromatic rings. The van der Waals surface area contributed by atoms with E-state index < -0.39 is 0 Å². The molecule has 0 unspecified atom stereocenters.